The highest BCUT2D eigenvalue weighted by atomic mass is 32.1. The summed E-state index contributed by atoms with van der Waals surface area (Å²) >= 11 is 1.63. The Morgan fingerprint density at radius 1 is 1.27 bits per heavy atom. The smallest absolute Gasteiger partial charge is 0.290 e. The first-order valence-corrected chi connectivity index (χ1v) is 7.86. The number of thiophene rings is 1. The fraction of sp³-hybridized carbons (Fsp3) is 0.235. The molecule has 0 radical (unpaired) electrons. The lowest BCUT2D eigenvalue weighted by Gasteiger charge is -2.15. The minimum absolute atomic E-state index is 0.128. The number of methoxy groups -OCH3 is 1. The lowest BCUT2D eigenvalue weighted by molar-refractivity contribution is 0.0750. The van der Waals surface area contributed by atoms with Crippen LogP contribution in [0.25, 0.3) is 11.0 Å². The van der Waals surface area contributed by atoms with E-state index in [-0.39, 0.29) is 5.91 Å². The topological polar surface area (TPSA) is 42.7 Å². The van der Waals surface area contributed by atoms with Gasteiger partial charge in [0, 0.05) is 30.0 Å². The van der Waals surface area contributed by atoms with Gasteiger partial charge in [-0.15, -0.1) is 11.3 Å². The van der Waals surface area contributed by atoms with E-state index in [0.717, 1.165) is 15.8 Å². The number of fused-ring (bicyclic) bond motifs is 1. The van der Waals surface area contributed by atoms with Gasteiger partial charge >= 0.3 is 0 Å². The van der Waals surface area contributed by atoms with Gasteiger partial charge in [0.05, 0.1) is 13.2 Å². The molecule has 0 N–H and O–H groups in total. The van der Waals surface area contributed by atoms with Crippen molar-refractivity contribution in [1.82, 2.24) is 4.90 Å². The van der Waals surface area contributed by atoms with E-state index in [0.29, 0.717) is 24.5 Å². The molecule has 22 heavy (non-hydrogen) atoms. The first kappa shape index (κ1) is 14.8. The van der Waals surface area contributed by atoms with E-state index in [1.807, 2.05) is 41.8 Å². The second-order valence-electron chi connectivity index (χ2n) is 5.08. The number of nitrogens with zero attached hydrogens (tertiary/aromatic N) is 1. The van der Waals surface area contributed by atoms with Crippen LogP contribution in [-0.4, -0.2) is 25.0 Å². The number of benzene rings is 1. The third kappa shape index (κ3) is 2.77. The summed E-state index contributed by atoms with van der Waals surface area (Å²) in [4.78, 5) is 15.5. The first-order chi connectivity index (χ1) is 10.7. The fourth-order valence-electron chi connectivity index (χ4n) is 2.44. The van der Waals surface area contributed by atoms with Gasteiger partial charge in [-0.05, 0) is 17.5 Å². The lowest BCUT2D eigenvalue weighted by atomic mass is 10.1. The molecule has 5 heteroatoms. The number of para-hydroxylation sites is 1. The molecule has 0 bridgehead atoms. The Morgan fingerprint density at radius 2 is 2.09 bits per heavy atom. The summed E-state index contributed by atoms with van der Waals surface area (Å²) in [6.07, 6.45) is 0. The number of amides is 1. The molecule has 114 valence electrons. The predicted octanol–water partition coefficient (Wildman–Crippen LogP) is 3.91. The molecule has 2 heterocycles. The predicted molar refractivity (Wildman–Crippen MR) is 87.0 cm³/mol. The Bertz CT molecular complexity index is 776. The third-order valence-corrected chi connectivity index (χ3v) is 4.36. The van der Waals surface area contributed by atoms with E-state index in [4.69, 9.17) is 9.15 Å². The highest BCUT2D eigenvalue weighted by Gasteiger charge is 2.23. The van der Waals surface area contributed by atoms with Crippen molar-refractivity contribution < 1.29 is 13.9 Å². The van der Waals surface area contributed by atoms with E-state index < -0.39 is 0 Å². The summed E-state index contributed by atoms with van der Waals surface area (Å²) in [5.74, 6) is 0.235. The van der Waals surface area contributed by atoms with E-state index >= 15 is 0 Å². The fourth-order valence-corrected chi connectivity index (χ4v) is 3.20. The highest BCUT2D eigenvalue weighted by molar-refractivity contribution is 7.09. The molecule has 0 saturated heterocycles. The molecule has 4 nitrogen and oxygen atoms in total. The summed E-state index contributed by atoms with van der Waals surface area (Å²) in [6.45, 7) is 0.922. The minimum atomic E-state index is -0.128. The van der Waals surface area contributed by atoms with Crippen molar-refractivity contribution in [1.29, 1.82) is 0 Å². The van der Waals surface area contributed by atoms with Gasteiger partial charge in [-0.1, -0.05) is 24.3 Å². The number of carbonyl (C=O) groups is 1. The van der Waals surface area contributed by atoms with Crippen molar-refractivity contribution in [2.75, 3.05) is 14.2 Å². The lowest BCUT2D eigenvalue weighted by Crippen LogP contribution is -2.26. The van der Waals surface area contributed by atoms with Crippen LogP contribution in [0.1, 0.15) is 21.0 Å². The summed E-state index contributed by atoms with van der Waals surface area (Å²) in [5, 5.41) is 2.93. The molecule has 0 saturated carbocycles. The molecule has 0 spiro atoms. The zero-order valence-electron chi connectivity index (χ0n) is 12.5. The maximum atomic E-state index is 12.7. The van der Waals surface area contributed by atoms with Crippen molar-refractivity contribution in [3.63, 3.8) is 0 Å². The van der Waals surface area contributed by atoms with Crippen molar-refractivity contribution in [3.05, 3.63) is 58.0 Å². The van der Waals surface area contributed by atoms with Crippen LogP contribution in [-0.2, 0) is 17.9 Å². The highest BCUT2D eigenvalue weighted by Crippen LogP contribution is 2.27. The Morgan fingerprint density at radius 3 is 2.82 bits per heavy atom. The van der Waals surface area contributed by atoms with Crippen LogP contribution in [0.2, 0.25) is 0 Å². The average Bonchev–Trinajstić information content (AvgIpc) is 3.15. The Hall–Kier alpha value is -2.11. The first-order valence-electron chi connectivity index (χ1n) is 6.98. The van der Waals surface area contributed by atoms with Gasteiger partial charge in [0.2, 0.25) is 0 Å². The second-order valence-corrected chi connectivity index (χ2v) is 6.11. The standard InChI is InChI=1S/C17H17NO3S/c1-18(10-12-6-5-9-22-12)17(19)16-14(11-20-2)13-7-3-4-8-15(13)21-16/h3-9H,10-11H2,1-2H3. The van der Waals surface area contributed by atoms with E-state index in [1.54, 1.807) is 30.4 Å². The number of carbonyl (C=O) groups excluding carboxylic acids is 1. The summed E-state index contributed by atoms with van der Waals surface area (Å²) < 4.78 is 11.0. The molecule has 0 aliphatic carbocycles. The van der Waals surface area contributed by atoms with Gasteiger partial charge in [-0.3, -0.25) is 4.79 Å². The van der Waals surface area contributed by atoms with Gasteiger partial charge in [-0.2, -0.15) is 0 Å². The van der Waals surface area contributed by atoms with Gasteiger partial charge in [0.25, 0.3) is 5.91 Å². The van der Waals surface area contributed by atoms with Crippen LogP contribution in [0.5, 0.6) is 0 Å². The number of rotatable bonds is 5. The van der Waals surface area contributed by atoms with E-state index in [1.165, 1.54) is 0 Å². The molecular weight excluding hydrogens is 298 g/mol. The van der Waals surface area contributed by atoms with Gasteiger partial charge in [-0.25, -0.2) is 0 Å². The molecule has 2 aromatic heterocycles. The van der Waals surface area contributed by atoms with Gasteiger partial charge < -0.3 is 14.1 Å². The summed E-state index contributed by atoms with van der Waals surface area (Å²) in [6, 6.07) is 11.6. The number of furan rings is 1. The number of hydrogen-bond acceptors (Lipinski definition) is 4. The van der Waals surface area contributed by atoms with Crippen molar-refractivity contribution in [3.8, 4) is 0 Å². The molecule has 1 amide bonds. The third-order valence-electron chi connectivity index (χ3n) is 3.50. The second kappa shape index (κ2) is 6.34. The van der Waals surface area contributed by atoms with Crippen LogP contribution >= 0.6 is 11.3 Å². The molecule has 3 rings (SSSR count). The Kier molecular flexibility index (Phi) is 4.27. The molecule has 0 unspecified atom stereocenters. The quantitative estimate of drug-likeness (QED) is 0.717. The zero-order valence-corrected chi connectivity index (χ0v) is 13.4. The maximum absolute atomic E-state index is 12.7. The number of ether oxygens (including phenoxy) is 1. The van der Waals surface area contributed by atoms with Crippen LogP contribution < -0.4 is 0 Å². The van der Waals surface area contributed by atoms with Crippen LogP contribution in [0.15, 0.2) is 46.2 Å². The Labute approximate surface area is 132 Å². The summed E-state index contributed by atoms with van der Waals surface area (Å²) in [7, 11) is 3.40. The maximum Gasteiger partial charge on any atom is 0.290 e. The molecule has 0 aliphatic rings. The van der Waals surface area contributed by atoms with Crippen molar-refractivity contribution in [2.45, 2.75) is 13.2 Å². The molecule has 0 fully saturated rings. The Balaban J connectivity index is 1.94. The molecule has 0 atom stereocenters. The summed E-state index contributed by atoms with van der Waals surface area (Å²) in [5.41, 5.74) is 1.52. The zero-order chi connectivity index (χ0) is 15.5. The average molecular weight is 315 g/mol. The molecular formula is C17H17NO3S. The van der Waals surface area contributed by atoms with Gasteiger partial charge in [0.15, 0.2) is 5.76 Å². The van der Waals surface area contributed by atoms with Crippen LogP contribution in [0.3, 0.4) is 0 Å². The van der Waals surface area contributed by atoms with Gasteiger partial charge in [0.1, 0.15) is 5.58 Å². The minimum Gasteiger partial charge on any atom is -0.451 e. The normalized spacial score (nSPS) is 11.0. The number of hydrogen-bond donors (Lipinski definition) is 0. The molecule has 3 aromatic rings. The monoisotopic (exact) mass is 315 g/mol. The molecule has 1 aromatic carbocycles. The van der Waals surface area contributed by atoms with E-state index in [2.05, 4.69) is 0 Å². The SMILES string of the molecule is COCc1c(C(=O)N(C)Cc2cccs2)oc2ccccc12. The molecule has 0 aliphatic heterocycles. The van der Waals surface area contributed by atoms with E-state index in [9.17, 15) is 4.79 Å². The van der Waals surface area contributed by atoms with Crippen LogP contribution in [0, 0.1) is 0 Å². The van der Waals surface area contributed by atoms with Crippen molar-refractivity contribution in [2.24, 2.45) is 0 Å². The largest absolute Gasteiger partial charge is 0.451 e. The van der Waals surface area contributed by atoms with Crippen LogP contribution in [0.4, 0.5) is 0 Å². The van der Waals surface area contributed by atoms with Crippen molar-refractivity contribution >= 4 is 28.2 Å².